The third kappa shape index (κ3) is 3.63. The molecular formula is C21H23N3O. The molecule has 0 unspecified atom stereocenters. The van der Waals surface area contributed by atoms with Crippen LogP contribution in [-0.2, 0) is 16.8 Å². The van der Waals surface area contributed by atoms with Crippen molar-refractivity contribution < 1.29 is 4.79 Å². The molecule has 0 radical (unpaired) electrons. The number of hydrogen-bond donors (Lipinski definition) is 0. The van der Waals surface area contributed by atoms with Gasteiger partial charge in [-0.3, -0.25) is 4.79 Å². The van der Waals surface area contributed by atoms with Crippen molar-refractivity contribution in [2.75, 3.05) is 7.05 Å². The predicted molar refractivity (Wildman–Crippen MR) is 99.5 cm³/mol. The molecule has 128 valence electrons. The van der Waals surface area contributed by atoms with Crippen LogP contribution in [-0.4, -0.2) is 27.6 Å². The molecule has 0 fully saturated rings. The normalized spacial score (nSPS) is 11.3. The van der Waals surface area contributed by atoms with Gasteiger partial charge in [-0.05, 0) is 31.5 Å². The van der Waals surface area contributed by atoms with Crippen molar-refractivity contribution in [3.8, 4) is 5.69 Å². The maximum absolute atomic E-state index is 12.9. The van der Waals surface area contributed by atoms with Crippen molar-refractivity contribution in [2.24, 2.45) is 0 Å². The van der Waals surface area contributed by atoms with E-state index in [1.165, 1.54) is 0 Å². The lowest BCUT2D eigenvalue weighted by molar-refractivity contribution is -0.135. The Morgan fingerprint density at radius 1 is 1.04 bits per heavy atom. The van der Waals surface area contributed by atoms with Gasteiger partial charge in [-0.15, -0.1) is 0 Å². The summed E-state index contributed by atoms with van der Waals surface area (Å²) in [5.74, 6) is 0.0890. The van der Waals surface area contributed by atoms with E-state index in [9.17, 15) is 4.79 Å². The minimum absolute atomic E-state index is 0.0890. The lowest BCUT2D eigenvalue weighted by Gasteiger charge is -2.29. The van der Waals surface area contributed by atoms with E-state index in [-0.39, 0.29) is 5.91 Å². The fraction of sp³-hybridized carbons (Fsp3) is 0.238. The molecule has 3 rings (SSSR count). The summed E-state index contributed by atoms with van der Waals surface area (Å²) in [5, 5.41) is 4.40. The fourth-order valence-corrected chi connectivity index (χ4v) is 2.96. The Morgan fingerprint density at radius 3 is 2.28 bits per heavy atom. The third-order valence-electron chi connectivity index (χ3n) is 4.45. The summed E-state index contributed by atoms with van der Waals surface area (Å²) < 4.78 is 1.83. The first-order valence-electron chi connectivity index (χ1n) is 8.38. The molecule has 0 N–H and O–H groups in total. The molecule has 4 nitrogen and oxygen atoms in total. The van der Waals surface area contributed by atoms with Crippen molar-refractivity contribution >= 4 is 5.91 Å². The number of likely N-dealkylation sites (N-methyl/N-ethyl adjacent to an activating group) is 1. The average molecular weight is 333 g/mol. The summed E-state index contributed by atoms with van der Waals surface area (Å²) >= 11 is 0. The van der Waals surface area contributed by atoms with Gasteiger partial charge in [0.25, 0.3) is 0 Å². The standard InChI is InChI=1S/C21H23N3O/c1-21(2,18-10-6-4-7-11-18)20(25)23(3)15-17-14-22-24(16-17)19-12-8-5-9-13-19/h4-14,16H,15H2,1-3H3. The van der Waals surface area contributed by atoms with Gasteiger partial charge in [-0.2, -0.15) is 5.10 Å². The Kier molecular flexibility index (Phi) is 4.70. The number of carbonyl (C=O) groups is 1. The predicted octanol–water partition coefficient (Wildman–Crippen LogP) is 3.81. The molecule has 0 bridgehead atoms. The summed E-state index contributed by atoms with van der Waals surface area (Å²) in [6.07, 6.45) is 3.78. The fourth-order valence-electron chi connectivity index (χ4n) is 2.96. The number of carbonyl (C=O) groups excluding carboxylic acids is 1. The number of amides is 1. The number of rotatable bonds is 5. The molecule has 1 aromatic heterocycles. The molecule has 0 aliphatic carbocycles. The summed E-state index contributed by atoms with van der Waals surface area (Å²) in [4.78, 5) is 14.7. The molecule has 0 spiro atoms. The van der Waals surface area contributed by atoms with Gasteiger partial charge < -0.3 is 4.90 Å². The van der Waals surface area contributed by atoms with Crippen LogP contribution in [0.25, 0.3) is 5.69 Å². The van der Waals surface area contributed by atoms with Crippen LogP contribution in [0.4, 0.5) is 0 Å². The second kappa shape index (κ2) is 6.93. The summed E-state index contributed by atoms with van der Waals surface area (Å²) in [7, 11) is 1.84. The highest BCUT2D eigenvalue weighted by molar-refractivity contribution is 5.87. The molecule has 1 amide bonds. The Balaban J connectivity index is 1.73. The number of benzene rings is 2. The minimum Gasteiger partial charge on any atom is -0.341 e. The maximum atomic E-state index is 12.9. The molecule has 0 aliphatic heterocycles. The monoisotopic (exact) mass is 333 g/mol. The van der Waals surface area contributed by atoms with Gasteiger partial charge in [0.15, 0.2) is 0 Å². The zero-order chi connectivity index (χ0) is 17.9. The second-order valence-electron chi connectivity index (χ2n) is 6.78. The highest BCUT2D eigenvalue weighted by Crippen LogP contribution is 2.25. The zero-order valence-electron chi connectivity index (χ0n) is 14.9. The van der Waals surface area contributed by atoms with Crippen LogP contribution in [0.2, 0.25) is 0 Å². The van der Waals surface area contributed by atoms with Gasteiger partial charge in [0.2, 0.25) is 5.91 Å². The molecule has 0 aliphatic rings. The van der Waals surface area contributed by atoms with Gasteiger partial charge in [0.1, 0.15) is 0 Å². The maximum Gasteiger partial charge on any atom is 0.232 e. The number of para-hydroxylation sites is 1. The summed E-state index contributed by atoms with van der Waals surface area (Å²) in [6.45, 7) is 4.46. The van der Waals surface area contributed by atoms with Gasteiger partial charge in [-0.25, -0.2) is 4.68 Å². The minimum atomic E-state index is -0.564. The van der Waals surface area contributed by atoms with Gasteiger partial charge in [0.05, 0.1) is 17.3 Å². The van der Waals surface area contributed by atoms with Crippen LogP contribution in [0.5, 0.6) is 0 Å². The van der Waals surface area contributed by atoms with E-state index < -0.39 is 5.41 Å². The molecule has 0 saturated heterocycles. The largest absolute Gasteiger partial charge is 0.341 e. The van der Waals surface area contributed by atoms with Crippen LogP contribution < -0.4 is 0 Å². The Bertz CT molecular complexity index is 838. The number of aromatic nitrogens is 2. The van der Waals surface area contributed by atoms with Crippen LogP contribution in [0.1, 0.15) is 25.0 Å². The van der Waals surface area contributed by atoms with E-state index >= 15 is 0 Å². The lowest BCUT2D eigenvalue weighted by Crippen LogP contribution is -2.40. The van der Waals surface area contributed by atoms with E-state index in [1.807, 2.05) is 98.6 Å². The van der Waals surface area contributed by atoms with E-state index in [0.29, 0.717) is 6.54 Å². The molecular weight excluding hydrogens is 310 g/mol. The quantitative estimate of drug-likeness (QED) is 0.712. The van der Waals surface area contributed by atoms with E-state index in [4.69, 9.17) is 0 Å². The Morgan fingerprint density at radius 2 is 1.64 bits per heavy atom. The van der Waals surface area contributed by atoms with Crippen LogP contribution in [0, 0.1) is 0 Å². The van der Waals surface area contributed by atoms with E-state index in [2.05, 4.69) is 5.10 Å². The number of nitrogens with zero attached hydrogens (tertiary/aromatic N) is 3. The molecule has 2 aromatic carbocycles. The first-order valence-corrected chi connectivity index (χ1v) is 8.38. The highest BCUT2D eigenvalue weighted by Gasteiger charge is 2.32. The topological polar surface area (TPSA) is 38.1 Å². The molecule has 0 atom stereocenters. The van der Waals surface area contributed by atoms with E-state index in [1.54, 1.807) is 4.90 Å². The van der Waals surface area contributed by atoms with E-state index in [0.717, 1.165) is 16.8 Å². The van der Waals surface area contributed by atoms with Gasteiger partial charge in [-0.1, -0.05) is 48.5 Å². The Labute approximate surface area is 148 Å². The smallest absolute Gasteiger partial charge is 0.232 e. The van der Waals surface area contributed by atoms with Crippen molar-refractivity contribution in [3.63, 3.8) is 0 Å². The molecule has 25 heavy (non-hydrogen) atoms. The van der Waals surface area contributed by atoms with Crippen molar-refractivity contribution in [3.05, 3.63) is 84.2 Å². The zero-order valence-corrected chi connectivity index (χ0v) is 14.9. The first-order chi connectivity index (χ1) is 12.0. The summed E-state index contributed by atoms with van der Waals surface area (Å²) in [6, 6.07) is 19.8. The second-order valence-corrected chi connectivity index (χ2v) is 6.78. The number of hydrogen-bond acceptors (Lipinski definition) is 2. The Hall–Kier alpha value is -2.88. The average Bonchev–Trinajstić information content (AvgIpc) is 3.11. The van der Waals surface area contributed by atoms with Crippen LogP contribution in [0.3, 0.4) is 0 Å². The van der Waals surface area contributed by atoms with Gasteiger partial charge >= 0.3 is 0 Å². The SMILES string of the molecule is CN(Cc1cnn(-c2ccccc2)c1)C(=O)C(C)(C)c1ccccc1. The molecule has 3 aromatic rings. The highest BCUT2D eigenvalue weighted by atomic mass is 16.2. The van der Waals surface area contributed by atoms with Crippen LogP contribution >= 0.6 is 0 Å². The first kappa shape index (κ1) is 17.0. The van der Waals surface area contributed by atoms with Crippen molar-refractivity contribution in [1.29, 1.82) is 0 Å². The van der Waals surface area contributed by atoms with Crippen LogP contribution in [0.15, 0.2) is 73.1 Å². The lowest BCUT2D eigenvalue weighted by atomic mass is 9.83. The van der Waals surface area contributed by atoms with Gasteiger partial charge in [0, 0.05) is 25.4 Å². The molecule has 4 heteroatoms. The molecule has 1 heterocycles. The summed E-state index contributed by atoms with van der Waals surface area (Å²) in [5.41, 5.74) is 2.47. The third-order valence-corrected chi connectivity index (χ3v) is 4.45. The van der Waals surface area contributed by atoms with Crippen molar-refractivity contribution in [1.82, 2.24) is 14.7 Å². The molecule has 0 saturated carbocycles. The van der Waals surface area contributed by atoms with Crippen molar-refractivity contribution in [2.45, 2.75) is 25.8 Å².